The van der Waals surface area contributed by atoms with Gasteiger partial charge in [-0.25, -0.2) is 0 Å². The summed E-state index contributed by atoms with van der Waals surface area (Å²) in [5, 5.41) is 4.38. The number of hydrogen-bond donors (Lipinski definition) is 1. The van der Waals surface area contributed by atoms with Crippen molar-refractivity contribution < 1.29 is 4.79 Å². The number of nitrogens with one attached hydrogen (secondary N) is 1. The van der Waals surface area contributed by atoms with Crippen LogP contribution in [0.2, 0.25) is 10.0 Å². The van der Waals surface area contributed by atoms with E-state index < -0.39 is 0 Å². The molecule has 3 nitrogen and oxygen atoms in total. The molecule has 1 amide bonds. The molecule has 1 aromatic carbocycles. The van der Waals surface area contributed by atoms with Crippen LogP contribution in [0.3, 0.4) is 0 Å². The van der Waals surface area contributed by atoms with E-state index in [-0.39, 0.29) is 11.9 Å². The van der Waals surface area contributed by atoms with Crippen molar-refractivity contribution in [3.8, 4) is 0 Å². The van der Waals surface area contributed by atoms with E-state index >= 15 is 0 Å². The SMILES string of the molecule is CCNC1CCN(c2cc(Cl)c(C)cc2Cl)C1=O. The molecule has 18 heavy (non-hydrogen) atoms. The standard InChI is InChI=1S/C13H16Cl2N2O/c1-3-16-11-4-5-17(13(11)18)12-7-9(14)8(2)6-10(12)15/h6-7,11,16H,3-5H2,1-2H3. The van der Waals surface area contributed by atoms with Gasteiger partial charge >= 0.3 is 0 Å². The zero-order valence-corrected chi connectivity index (χ0v) is 12.0. The molecule has 0 bridgehead atoms. The second-order valence-electron chi connectivity index (χ2n) is 4.44. The van der Waals surface area contributed by atoms with E-state index in [1.807, 2.05) is 13.8 Å². The molecule has 1 heterocycles. The zero-order valence-electron chi connectivity index (χ0n) is 10.5. The molecule has 1 aliphatic rings. The number of nitrogens with zero attached hydrogens (tertiary/aromatic N) is 1. The normalized spacial score (nSPS) is 19.7. The van der Waals surface area contributed by atoms with Gasteiger partial charge < -0.3 is 10.2 Å². The fourth-order valence-corrected chi connectivity index (χ4v) is 2.68. The molecule has 0 saturated carbocycles. The number of likely N-dealkylation sites (N-methyl/N-ethyl adjacent to an activating group) is 1. The third kappa shape index (κ3) is 2.48. The number of aryl methyl sites for hydroxylation is 1. The van der Waals surface area contributed by atoms with Gasteiger partial charge in [0.1, 0.15) is 0 Å². The largest absolute Gasteiger partial charge is 0.309 e. The fraction of sp³-hybridized carbons (Fsp3) is 0.462. The Morgan fingerprint density at radius 3 is 2.78 bits per heavy atom. The van der Waals surface area contributed by atoms with Crippen LogP contribution >= 0.6 is 23.2 Å². The Bertz CT molecular complexity index is 476. The van der Waals surface area contributed by atoms with Gasteiger partial charge in [0.15, 0.2) is 0 Å². The van der Waals surface area contributed by atoms with Gasteiger partial charge in [0.25, 0.3) is 0 Å². The number of carbonyl (C=O) groups excluding carboxylic acids is 1. The smallest absolute Gasteiger partial charge is 0.244 e. The Morgan fingerprint density at radius 1 is 1.39 bits per heavy atom. The highest BCUT2D eigenvalue weighted by Gasteiger charge is 2.32. The van der Waals surface area contributed by atoms with Crippen molar-refractivity contribution in [3.05, 3.63) is 27.7 Å². The molecule has 0 spiro atoms. The second kappa shape index (κ2) is 5.47. The van der Waals surface area contributed by atoms with Crippen molar-refractivity contribution in [3.63, 3.8) is 0 Å². The first-order valence-corrected chi connectivity index (χ1v) is 6.80. The van der Waals surface area contributed by atoms with Gasteiger partial charge in [-0.15, -0.1) is 0 Å². The van der Waals surface area contributed by atoms with E-state index in [0.29, 0.717) is 22.3 Å². The minimum absolute atomic E-state index is 0.0682. The Labute approximate surface area is 117 Å². The van der Waals surface area contributed by atoms with Crippen LogP contribution in [0.1, 0.15) is 18.9 Å². The molecule has 1 aliphatic heterocycles. The molecule has 1 unspecified atom stereocenters. The van der Waals surface area contributed by atoms with Crippen molar-refractivity contribution >= 4 is 34.8 Å². The summed E-state index contributed by atoms with van der Waals surface area (Å²) in [5.74, 6) is 0.0682. The lowest BCUT2D eigenvalue weighted by Crippen LogP contribution is -2.38. The maximum atomic E-state index is 12.2. The Balaban J connectivity index is 2.28. The monoisotopic (exact) mass is 286 g/mol. The topological polar surface area (TPSA) is 32.3 Å². The quantitative estimate of drug-likeness (QED) is 0.926. The van der Waals surface area contributed by atoms with Crippen molar-refractivity contribution in [2.75, 3.05) is 18.0 Å². The van der Waals surface area contributed by atoms with Gasteiger partial charge in [-0.1, -0.05) is 30.1 Å². The van der Waals surface area contributed by atoms with Crippen LogP contribution in [0.4, 0.5) is 5.69 Å². The summed E-state index contributed by atoms with van der Waals surface area (Å²) < 4.78 is 0. The van der Waals surface area contributed by atoms with Crippen LogP contribution in [0.5, 0.6) is 0 Å². The summed E-state index contributed by atoms with van der Waals surface area (Å²) in [4.78, 5) is 13.9. The summed E-state index contributed by atoms with van der Waals surface area (Å²) >= 11 is 12.3. The van der Waals surface area contributed by atoms with Crippen molar-refractivity contribution in [1.82, 2.24) is 5.32 Å². The van der Waals surface area contributed by atoms with E-state index in [4.69, 9.17) is 23.2 Å². The summed E-state index contributed by atoms with van der Waals surface area (Å²) in [6.45, 7) is 5.35. The third-order valence-electron chi connectivity index (χ3n) is 3.17. The molecular formula is C13H16Cl2N2O. The van der Waals surface area contributed by atoms with Crippen LogP contribution in [0.25, 0.3) is 0 Å². The number of hydrogen-bond acceptors (Lipinski definition) is 2. The zero-order chi connectivity index (χ0) is 13.3. The van der Waals surface area contributed by atoms with Crippen LogP contribution in [-0.2, 0) is 4.79 Å². The highest BCUT2D eigenvalue weighted by Crippen LogP contribution is 2.33. The van der Waals surface area contributed by atoms with Crippen LogP contribution in [0, 0.1) is 6.92 Å². The summed E-state index contributed by atoms with van der Waals surface area (Å²) in [7, 11) is 0. The number of carbonyl (C=O) groups is 1. The van der Waals surface area contributed by atoms with Crippen LogP contribution < -0.4 is 10.2 Å². The summed E-state index contributed by atoms with van der Waals surface area (Å²) in [6.07, 6.45) is 0.800. The minimum Gasteiger partial charge on any atom is -0.309 e. The maximum Gasteiger partial charge on any atom is 0.244 e. The summed E-state index contributed by atoms with van der Waals surface area (Å²) in [6, 6.07) is 3.46. The van der Waals surface area contributed by atoms with E-state index in [9.17, 15) is 4.79 Å². The Hall–Kier alpha value is -0.770. The highest BCUT2D eigenvalue weighted by molar-refractivity contribution is 6.36. The predicted molar refractivity (Wildman–Crippen MR) is 75.6 cm³/mol. The fourth-order valence-electron chi connectivity index (χ4n) is 2.20. The van der Waals surface area contributed by atoms with E-state index in [1.54, 1.807) is 17.0 Å². The summed E-state index contributed by atoms with van der Waals surface area (Å²) in [5.41, 5.74) is 1.62. The maximum absolute atomic E-state index is 12.2. The van der Waals surface area contributed by atoms with Gasteiger partial charge in [0.2, 0.25) is 5.91 Å². The molecule has 5 heteroatoms. The van der Waals surface area contributed by atoms with Gasteiger partial charge in [-0.3, -0.25) is 4.79 Å². The van der Waals surface area contributed by atoms with E-state index in [1.165, 1.54) is 0 Å². The molecule has 0 radical (unpaired) electrons. The Morgan fingerprint density at radius 2 is 2.11 bits per heavy atom. The van der Waals surface area contributed by atoms with Crippen molar-refractivity contribution in [2.45, 2.75) is 26.3 Å². The number of anilines is 1. The van der Waals surface area contributed by atoms with Crippen LogP contribution in [0.15, 0.2) is 12.1 Å². The molecule has 0 aliphatic carbocycles. The molecular weight excluding hydrogens is 271 g/mol. The molecule has 1 aromatic rings. The van der Waals surface area contributed by atoms with Crippen LogP contribution in [-0.4, -0.2) is 25.0 Å². The first-order valence-electron chi connectivity index (χ1n) is 6.05. The average Bonchev–Trinajstić information content (AvgIpc) is 2.67. The molecule has 1 saturated heterocycles. The second-order valence-corrected chi connectivity index (χ2v) is 5.26. The van der Waals surface area contributed by atoms with Crippen molar-refractivity contribution in [1.29, 1.82) is 0 Å². The number of halogens is 2. The third-order valence-corrected chi connectivity index (χ3v) is 3.88. The average molecular weight is 287 g/mol. The molecule has 1 N–H and O–H groups in total. The van der Waals surface area contributed by atoms with Gasteiger partial charge in [0, 0.05) is 11.6 Å². The van der Waals surface area contributed by atoms with Gasteiger partial charge in [-0.2, -0.15) is 0 Å². The molecule has 1 fully saturated rings. The van der Waals surface area contributed by atoms with Crippen molar-refractivity contribution in [2.24, 2.45) is 0 Å². The first kappa shape index (κ1) is 13.7. The molecule has 2 rings (SSSR count). The van der Waals surface area contributed by atoms with E-state index in [2.05, 4.69) is 5.32 Å². The predicted octanol–water partition coefficient (Wildman–Crippen LogP) is 3.02. The number of amides is 1. The minimum atomic E-state index is -0.105. The first-order chi connectivity index (χ1) is 8.54. The van der Waals surface area contributed by atoms with E-state index in [0.717, 1.165) is 18.5 Å². The number of rotatable bonds is 3. The molecule has 1 atom stereocenters. The highest BCUT2D eigenvalue weighted by atomic mass is 35.5. The Kier molecular flexibility index (Phi) is 4.15. The lowest BCUT2D eigenvalue weighted by Gasteiger charge is -2.19. The molecule has 98 valence electrons. The van der Waals surface area contributed by atoms with Gasteiger partial charge in [-0.05, 0) is 37.6 Å². The lowest BCUT2D eigenvalue weighted by molar-refractivity contribution is -0.118. The lowest BCUT2D eigenvalue weighted by atomic mass is 10.2. The number of benzene rings is 1. The van der Waals surface area contributed by atoms with Gasteiger partial charge in [0.05, 0.1) is 16.8 Å². The molecule has 0 aromatic heterocycles.